The van der Waals surface area contributed by atoms with Gasteiger partial charge in [0.25, 0.3) is 0 Å². The maximum absolute atomic E-state index is 8.49. The molecule has 0 saturated carbocycles. The van der Waals surface area contributed by atoms with Gasteiger partial charge in [-0.15, -0.1) is 41.0 Å². The number of hydrogen-bond donors (Lipinski definition) is 0. The Hall–Kier alpha value is -3.90. The van der Waals surface area contributed by atoms with Gasteiger partial charge in [-0.2, -0.15) is 10.5 Å². The molecule has 530 valence electrons. The van der Waals surface area contributed by atoms with E-state index in [2.05, 4.69) is 75.0 Å². The van der Waals surface area contributed by atoms with Crippen LogP contribution in [0.15, 0.2) is 24.8 Å². The molecular formula is C56H84Cl4Fe2N10O22+4. The second-order valence-electron chi connectivity index (χ2n) is 20.9. The van der Waals surface area contributed by atoms with Gasteiger partial charge in [0.1, 0.15) is 23.0 Å². The number of nitrogens with zero attached hydrogens (tertiary/aromatic N) is 10. The summed E-state index contributed by atoms with van der Waals surface area (Å²) in [6, 6.07) is 5.77. The van der Waals surface area contributed by atoms with E-state index in [1.165, 1.54) is 87.5 Å². The Kier molecular flexibility index (Phi) is 47.6. The standard InChI is InChI=1S/2C26H38N4O2.2C2H3N.4ClHO4.2Fe.2H2O/c2*1-17-13-27-21(19(3)25(17)31-5)15-29-11-7-9-23(29)24-10-8-12-30(24)16-22-20(4)26(32-6)18(2)14-28-22;2*1-2-3;4*2-1(3,4)5;;;;/h2*13-14,23-24H,7-12,15-16H2,1-6H3;2*1H3;4*(H,2,3,4,5);;;2*1H2/q;;;;;;;;2*+5;;/p-6/t2*23-,24-;;;;;;;;;;/m00........../s1. The molecule has 4 saturated heterocycles. The van der Waals surface area contributed by atoms with Crippen LogP contribution in [0.5, 0.6) is 23.0 Å². The summed E-state index contributed by atoms with van der Waals surface area (Å²) in [6.07, 6.45) is 17.9. The van der Waals surface area contributed by atoms with Crippen LogP contribution in [0.4, 0.5) is 0 Å². The van der Waals surface area contributed by atoms with Crippen molar-refractivity contribution in [3.8, 4) is 35.1 Å². The molecule has 2 N–H and O–H groups in total. The van der Waals surface area contributed by atoms with Gasteiger partial charge >= 0.3 is 34.1 Å². The molecule has 0 bridgehead atoms. The van der Waals surface area contributed by atoms with Crippen LogP contribution < -0.4 is 93.5 Å². The number of hydrogen-bond acceptors (Lipinski definition) is 32. The fourth-order valence-corrected chi connectivity index (χ4v) is 11.6. The summed E-state index contributed by atoms with van der Waals surface area (Å²) in [5.41, 5.74) is 13.7. The van der Waals surface area contributed by atoms with Gasteiger partial charge in [-0.25, -0.2) is 74.5 Å². The molecule has 4 fully saturated rings. The fourth-order valence-electron chi connectivity index (χ4n) is 11.6. The van der Waals surface area contributed by atoms with Crippen molar-refractivity contribution in [2.45, 2.75) is 171 Å². The molecule has 4 aliphatic rings. The van der Waals surface area contributed by atoms with E-state index in [4.69, 9.17) is 124 Å². The maximum Gasteiger partial charge on any atom is 5.00 e. The molecule has 38 heteroatoms. The quantitative estimate of drug-likeness (QED) is 0.106. The molecule has 0 unspecified atom stereocenters. The Morgan fingerprint density at radius 3 is 0.638 bits per heavy atom. The fraction of sp³-hybridized carbons (Fsp3) is 0.607. The minimum Gasteiger partial charge on any atom is -0.870 e. The molecule has 32 nitrogen and oxygen atoms in total. The van der Waals surface area contributed by atoms with Crippen LogP contribution in [0.25, 0.3) is 0 Å². The molecule has 0 aromatic carbocycles. The van der Waals surface area contributed by atoms with E-state index in [0.717, 1.165) is 120 Å². The Labute approximate surface area is 579 Å². The van der Waals surface area contributed by atoms with Crippen LogP contribution in [-0.2, 0) is 60.3 Å². The van der Waals surface area contributed by atoms with Crippen LogP contribution in [0.2, 0.25) is 0 Å². The minimum absolute atomic E-state index is 0. The summed E-state index contributed by atoms with van der Waals surface area (Å²) >= 11 is 0. The Morgan fingerprint density at radius 2 is 0.511 bits per heavy atom. The van der Waals surface area contributed by atoms with Crippen LogP contribution in [-0.4, -0.2) is 129 Å². The number of pyridine rings is 4. The van der Waals surface area contributed by atoms with Gasteiger partial charge in [-0.3, -0.25) is 39.5 Å². The van der Waals surface area contributed by atoms with E-state index in [-0.39, 0.29) is 45.1 Å². The second-order valence-corrected chi connectivity index (χ2v) is 23.9. The predicted molar refractivity (Wildman–Crippen MR) is 281 cm³/mol. The average molecular weight is 1500 g/mol. The van der Waals surface area contributed by atoms with Crippen molar-refractivity contribution in [2.75, 3.05) is 54.6 Å². The molecule has 0 aliphatic carbocycles. The van der Waals surface area contributed by atoms with Gasteiger partial charge in [0.15, 0.2) is 0 Å². The summed E-state index contributed by atoms with van der Waals surface area (Å²) in [6.45, 7) is 27.8. The zero-order valence-corrected chi connectivity index (χ0v) is 59.9. The van der Waals surface area contributed by atoms with Crippen LogP contribution in [0.1, 0.15) is 132 Å². The normalized spacial score (nSPS) is 17.7. The first-order chi connectivity index (χ1) is 41.7. The first-order valence-corrected chi connectivity index (χ1v) is 32.7. The summed E-state index contributed by atoms with van der Waals surface area (Å²) in [4.78, 5) is 29.7. The van der Waals surface area contributed by atoms with Crippen molar-refractivity contribution < 1.29 is 180 Å². The topological polar surface area (TPSA) is 578 Å². The van der Waals surface area contributed by atoms with Crippen LogP contribution in [0, 0.1) is 119 Å². The zero-order chi connectivity index (χ0) is 69.1. The molecule has 8 heterocycles. The molecular weight excluding hydrogens is 1420 g/mol. The number of nitriles is 2. The number of methoxy groups -OCH3 is 4. The third-order valence-electron chi connectivity index (χ3n) is 15.0. The number of halogens is 4. The van der Waals surface area contributed by atoms with Crippen molar-refractivity contribution in [1.82, 2.24) is 39.5 Å². The molecule has 8 rings (SSSR count). The number of rotatable bonds is 14. The number of ether oxygens (including phenoxy) is 4. The smallest absolute Gasteiger partial charge is 0.870 e. The van der Waals surface area contributed by atoms with Gasteiger partial charge < -0.3 is 29.9 Å². The average Bonchev–Trinajstić information content (AvgIpc) is 1.58. The van der Waals surface area contributed by atoms with E-state index in [1.807, 2.05) is 24.8 Å². The largest absolute Gasteiger partial charge is 5.00 e. The van der Waals surface area contributed by atoms with Gasteiger partial charge in [-0.05, 0) is 133 Å². The van der Waals surface area contributed by atoms with E-state index in [9.17, 15) is 0 Å². The summed E-state index contributed by atoms with van der Waals surface area (Å²) in [7, 11) is -12.8. The summed E-state index contributed by atoms with van der Waals surface area (Å²) < 4.78 is 158. The van der Waals surface area contributed by atoms with E-state index < -0.39 is 41.0 Å². The van der Waals surface area contributed by atoms with Gasteiger partial charge in [0.2, 0.25) is 0 Å². The van der Waals surface area contributed by atoms with Gasteiger partial charge in [0.05, 0.1) is 63.4 Å². The molecule has 4 aromatic rings. The molecule has 4 atom stereocenters. The third kappa shape index (κ3) is 36.1. The Morgan fingerprint density at radius 1 is 0.372 bits per heavy atom. The van der Waals surface area contributed by atoms with Crippen LogP contribution >= 0.6 is 0 Å². The summed E-state index contributed by atoms with van der Waals surface area (Å²) in [5.74, 6) is 3.90. The first kappa shape index (κ1) is 96.5. The molecule has 94 heavy (non-hydrogen) atoms. The van der Waals surface area contributed by atoms with Crippen LogP contribution in [0.3, 0.4) is 0 Å². The molecule has 0 amide bonds. The monoisotopic (exact) mass is 1500 g/mol. The molecule has 0 spiro atoms. The van der Waals surface area contributed by atoms with E-state index >= 15 is 0 Å². The molecule has 4 aliphatic heterocycles. The van der Waals surface area contributed by atoms with Crippen molar-refractivity contribution >= 4 is 0 Å². The summed E-state index contributed by atoms with van der Waals surface area (Å²) in [5, 5.41) is 14.6. The van der Waals surface area contributed by atoms with Crippen molar-refractivity contribution in [1.29, 1.82) is 10.5 Å². The van der Waals surface area contributed by atoms with Crippen molar-refractivity contribution in [3.05, 3.63) is 92.1 Å². The Bertz CT molecular complexity index is 2510. The van der Waals surface area contributed by atoms with E-state index in [0.29, 0.717) is 24.2 Å². The number of likely N-dealkylation sites (tertiary alicyclic amines) is 4. The zero-order valence-electron chi connectivity index (χ0n) is 54.7. The number of aromatic nitrogens is 4. The van der Waals surface area contributed by atoms with Gasteiger partial charge in [-0.1, -0.05) is 0 Å². The van der Waals surface area contributed by atoms with Crippen molar-refractivity contribution in [2.24, 2.45) is 0 Å². The second kappa shape index (κ2) is 46.4. The van der Waals surface area contributed by atoms with E-state index in [1.54, 1.807) is 40.6 Å². The molecule has 4 aromatic heterocycles. The maximum atomic E-state index is 8.49. The van der Waals surface area contributed by atoms with Crippen molar-refractivity contribution in [3.63, 3.8) is 0 Å². The SMILES string of the molecule is CC#N.CC#N.COc1c(C)cnc(CN2CCC[C@H]2[C@@H]2CCCN2Cc2ncc(C)c(OC)c2C)c1C.COc1c(C)cnc(CN2CCC[C@H]2[C@@H]2CCCN2Cc2ncc(C)c(OC)c2C)c1C.[Fe+5].[Fe+5].[O-][Cl+3]([O-])([O-])[O-].[O-][Cl+3]([O-])([O-])[O-].[O-][Cl+3]([O-])([O-])[O-].[O-][Cl+3]([O-])([O-])[O-].[OH-].[OH-]. The van der Waals surface area contributed by atoms with Gasteiger partial charge in [0, 0.05) is 133 Å². The first-order valence-electron chi connectivity index (χ1n) is 27.7. The Balaban J connectivity index is -0.000000609. The minimum atomic E-state index is -4.94. The predicted octanol–water partition coefficient (Wildman–Crippen LogP) is -9.61. The molecule has 2 radical (unpaired) electrons. The third-order valence-corrected chi connectivity index (χ3v) is 15.0. The number of aryl methyl sites for hydroxylation is 4.